The number of amides is 1. The highest BCUT2D eigenvalue weighted by atomic mass is 19.1. The monoisotopic (exact) mass is 316 g/mol. The number of ether oxygens (including phenoxy) is 1. The van der Waals surface area contributed by atoms with Gasteiger partial charge in [-0.3, -0.25) is 9.78 Å². The summed E-state index contributed by atoms with van der Waals surface area (Å²) in [5, 5.41) is 9.90. The third kappa shape index (κ3) is 3.65. The van der Waals surface area contributed by atoms with E-state index < -0.39 is 6.10 Å². The summed E-state index contributed by atoms with van der Waals surface area (Å²) in [6.07, 6.45) is 3.00. The molecule has 1 aromatic heterocycles. The number of carbonyl (C=O) groups is 1. The zero-order chi connectivity index (χ0) is 16.2. The van der Waals surface area contributed by atoms with Crippen molar-refractivity contribution in [1.29, 1.82) is 0 Å². The Morgan fingerprint density at radius 2 is 2.13 bits per heavy atom. The molecule has 1 N–H and O–H groups in total. The van der Waals surface area contributed by atoms with Crippen molar-refractivity contribution in [2.45, 2.75) is 18.6 Å². The Kier molecular flexibility index (Phi) is 4.52. The molecule has 5 nitrogen and oxygen atoms in total. The van der Waals surface area contributed by atoms with E-state index in [-0.39, 0.29) is 30.9 Å². The van der Waals surface area contributed by atoms with Crippen LogP contribution >= 0.6 is 0 Å². The number of hydrogen-bond donors (Lipinski definition) is 1. The van der Waals surface area contributed by atoms with E-state index in [4.69, 9.17) is 4.74 Å². The number of aliphatic hydroxyl groups excluding tert-OH is 1. The van der Waals surface area contributed by atoms with E-state index in [1.807, 2.05) is 0 Å². The maximum absolute atomic E-state index is 13.1. The number of aliphatic hydroxyl groups is 1. The molecule has 3 rings (SSSR count). The normalized spacial score (nSPS) is 20.5. The van der Waals surface area contributed by atoms with Crippen LogP contribution in [0.25, 0.3) is 0 Å². The lowest BCUT2D eigenvalue weighted by atomic mass is 10.0. The predicted octanol–water partition coefficient (Wildman–Crippen LogP) is 1.93. The number of carbonyl (C=O) groups excluding carboxylic acids is 1. The van der Waals surface area contributed by atoms with Gasteiger partial charge >= 0.3 is 0 Å². The van der Waals surface area contributed by atoms with Crippen molar-refractivity contribution in [1.82, 2.24) is 9.88 Å². The molecule has 0 radical (unpaired) electrons. The highest BCUT2D eigenvalue weighted by molar-refractivity contribution is 5.78. The van der Waals surface area contributed by atoms with Gasteiger partial charge in [-0.15, -0.1) is 0 Å². The molecular formula is C17H17FN2O3. The lowest BCUT2D eigenvalue weighted by molar-refractivity contribution is -0.134. The highest BCUT2D eigenvalue weighted by Gasteiger charge is 2.35. The first-order valence-corrected chi connectivity index (χ1v) is 7.39. The van der Waals surface area contributed by atoms with E-state index in [1.54, 1.807) is 35.4 Å². The minimum Gasteiger partial charge on any atom is -0.482 e. The van der Waals surface area contributed by atoms with Gasteiger partial charge in [-0.25, -0.2) is 4.39 Å². The second kappa shape index (κ2) is 6.75. The van der Waals surface area contributed by atoms with Crippen molar-refractivity contribution < 1.29 is 19.0 Å². The van der Waals surface area contributed by atoms with Crippen molar-refractivity contribution in [3.05, 3.63) is 60.2 Å². The van der Waals surface area contributed by atoms with Crippen LogP contribution in [0.5, 0.6) is 5.75 Å². The van der Waals surface area contributed by atoms with Gasteiger partial charge in [0.15, 0.2) is 6.61 Å². The van der Waals surface area contributed by atoms with Gasteiger partial charge in [0.25, 0.3) is 5.91 Å². The lowest BCUT2D eigenvalue weighted by Crippen LogP contribution is -2.35. The number of likely N-dealkylation sites (tertiary alicyclic amines) is 1. The van der Waals surface area contributed by atoms with Gasteiger partial charge in [0.05, 0.1) is 18.3 Å². The molecular weight excluding hydrogens is 299 g/mol. The van der Waals surface area contributed by atoms with E-state index in [2.05, 4.69) is 4.98 Å². The fourth-order valence-corrected chi connectivity index (χ4v) is 2.75. The molecule has 2 heterocycles. The summed E-state index contributed by atoms with van der Waals surface area (Å²) in [6.45, 7) is 0.118. The molecule has 1 fully saturated rings. The Bertz CT molecular complexity index is 663. The molecule has 0 aliphatic carbocycles. The van der Waals surface area contributed by atoms with Crippen LogP contribution in [0.2, 0.25) is 0 Å². The van der Waals surface area contributed by atoms with Crippen LogP contribution < -0.4 is 4.74 Å². The third-order valence-corrected chi connectivity index (χ3v) is 3.85. The lowest BCUT2D eigenvalue weighted by Gasteiger charge is -2.24. The Labute approximate surface area is 133 Å². The molecule has 1 saturated heterocycles. The summed E-state index contributed by atoms with van der Waals surface area (Å²) in [5.41, 5.74) is 0.803. The summed E-state index contributed by atoms with van der Waals surface area (Å²) < 4.78 is 18.5. The Balaban J connectivity index is 1.69. The average molecular weight is 316 g/mol. The molecule has 1 aliphatic rings. The van der Waals surface area contributed by atoms with Crippen molar-refractivity contribution in [2.24, 2.45) is 0 Å². The van der Waals surface area contributed by atoms with E-state index in [9.17, 15) is 14.3 Å². The second-order valence-electron chi connectivity index (χ2n) is 5.48. The molecule has 2 atom stereocenters. The maximum Gasteiger partial charge on any atom is 0.261 e. The summed E-state index contributed by atoms with van der Waals surface area (Å²) in [6, 6.07) is 9.16. The van der Waals surface area contributed by atoms with Gasteiger partial charge in [-0.05, 0) is 36.2 Å². The Hall–Kier alpha value is -2.47. The molecule has 0 bridgehead atoms. The first-order chi connectivity index (χ1) is 11.1. The van der Waals surface area contributed by atoms with Crippen molar-refractivity contribution in [2.75, 3.05) is 13.2 Å². The number of β-amino-alcohol motifs (C(OH)–C–C–N with tert-alkyl or cyclic N) is 1. The van der Waals surface area contributed by atoms with E-state index in [1.165, 1.54) is 18.3 Å². The fourth-order valence-electron chi connectivity index (χ4n) is 2.75. The second-order valence-corrected chi connectivity index (χ2v) is 5.48. The van der Waals surface area contributed by atoms with Crippen molar-refractivity contribution >= 4 is 5.91 Å². The number of nitrogens with zero attached hydrogens (tertiary/aromatic N) is 2. The molecule has 1 aromatic carbocycles. The fraction of sp³-hybridized carbons (Fsp3) is 0.294. The largest absolute Gasteiger partial charge is 0.482 e. The van der Waals surface area contributed by atoms with Gasteiger partial charge in [-0.2, -0.15) is 0 Å². The molecule has 1 aliphatic heterocycles. The molecule has 0 spiro atoms. The van der Waals surface area contributed by atoms with Gasteiger partial charge < -0.3 is 14.7 Å². The van der Waals surface area contributed by atoms with Crippen LogP contribution in [0, 0.1) is 5.82 Å². The highest BCUT2D eigenvalue weighted by Crippen LogP contribution is 2.32. The maximum atomic E-state index is 13.1. The zero-order valence-corrected chi connectivity index (χ0v) is 12.4. The number of benzene rings is 1. The average Bonchev–Trinajstić information content (AvgIpc) is 2.96. The first-order valence-electron chi connectivity index (χ1n) is 7.39. The van der Waals surface area contributed by atoms with Crippen molar-refractivity contribution in [3.8, 4) is 5.75 Å². The topological polar surface area (TPSA) is 62.7 Å². The number of rotatable bonds is 4. The number of pyridine rings is 1. The van der Waals surface area contributed by atoms with Gasteiger partial charge in [0.1, 0.15) is 11.6 Å². The smallest absolute Gasteiger partial charge is 0.261 e. The van der Waals surface area contributed by atoms with Crippen LogP contribution in [0.15, 0.2) is 48.8 Å². The number of halogens is 1. The summed E-state index contributed by atoms with van der Waals surface area (Å²) in [4.78, 5) is 17.9. The molecule has 2 unspecified atom stereocenters. The van der Waals surface area contributed by atoms with Crippen molar-refractivity contribution in [3.63, 3.8) is 0 Å². The quantitative estimate of drug-likeness (QED) is 0.936. The molecule has 6 heteroatoms. The van der Waals surface area contributed by atoms with Crippen LogP contribution in [0.3, 0.4) is 0 Å². The van der Waals surface area contributed by atoms with E-state index >= 15 is 0 Å². The predicted molar refractivity (Wildman–Crippen MR) is 81.2 cm³/mol. The van der Waals surface area contributed by atoms with Crippen LogP contribution in [-0.2, 0) is 4.79 Å². The summed E-state index contributed by atoms with van der Waals surface area (Å²) in [7, 11) is 0. The molecule has 1 amide bonds. The Morgan fingerprint density at radius 1 is 1.35 bits per heavy atom. The first kappa shape index (κ1) is 15.4. The van der Waals surface area contributed by atoms with Crippen LogP contribution in [0.4, 0.5) is 4.39 Å². The SMILES string of the molecule is O=C(COc1cccnc1)N1CC(O)CC1c1ccc(F)cc1. The third-order valence-electron chi connectivity index (χ3n) is 3.85. The molecule has 2 aromatic rings. The summed E-state index contributed by atoms with van der Waals surface area (Å²) >= 11 is 0. The number of aromatic nitrogens is 1. The van der Waals surface area contributed by atoms with Crippen LogP contribution in [-0.4, -0.2) is 40.2 Å². The minimum absolute atomic E-state index is 0.129. The standard InChI is InChI=1S/C17H17FN2O3/c18-13-5-3-12(4-6-13)16-8-14(21)10-20(16)17(22)11-23-15-2-1-7-19-9-15/h1-7,9,14,16,21H,8,10-11H2. The molecule has 120 valence electrons. The van der Waals surface area contributed by atoms with Crippen LogP contribution in [0.1, 0.15) is 18.0 Å². The minimum atomic E-state index is -0.590. The van der Waals surface area contributed by atoms with E-state index in [0.29, 0.717) is 12.2 Å². The van der Waals surface area contributed by atoms with Gasteiger partial charge in [0.2, 0.25) is 0 Å². The molecule has 23 heavy (non-hydrogen) atoms. The van der Waals surface area contributed by atoms with Gasteiger partial charge in [-0.1, -0.05) is 12.1 Å². The molecule has 0 saturated carbocycles. The zero-order valence-electron chi connectivity index (χ0n) is 12.4. The Morgan fingerprint density at radius 3 is 2.83 bits per heavy atom. The summed E-state index contributed by atoms with van der Waals surface area (Å²) in [5.74, 6) is -0.0382. The van der Waals surface area contributed by atoms with E-state index in [0.717, 1.165) is 5.56 Å². The van der Waals surface area contributed by atoms with Gasteiger partial charge in [0, 0.05) is 12.7 Å². The number of hydrogen-bond acceptors (Lipinski definition) is 4.